The number of hydrogen-bond acceptors (Lipinski definition) is 2. The van der Waals surface area contributed by atoms with Gasteiger partial charge in [0.25, 0.3) is 5.56 Å². The van der Waals surface area contributed by atoms with Crippen molar-refractivity contribution in [3.05, 3.63) is 69.6 Å². The summed E-state index contributed by atoms with van der Waals surface area (Å²) in [6, 6.07) is 6.67. The molecule has 0 N–H and O–H groups in total. The van der Waals surface area contributed by atoms with E-state index in [4.69, 9.17) is 4.74 Å². The zero-order valence-corrected chi connectivity index (χ0v) is 16.5. The van der Waals surface area contributed by atoms with E-state index in [0.717, 1.165) is 35.9 Å². The van der Waals surface area contributed by atoms with Gasteiger partial charge in [-0.15, -0.1) is 0 Å². The average molecular weight is 442 g/mol. The van der Waals surface area contributed by atoms with Crippen molar-refractivity contribution < 1.29 is 17.9 Å². The van der Waals surface area contributed by atoms with Crippen LogP contribution in [0.4, 0.5) is 13.2 Å². The topological polar surface area (TPSA) is 31.2 Å². The van der Waals surface area contributed by atoms with Gasteiger partial charge in [0.05, 0.1) is 11.3 Å². The quantitative estimate of drug-likeness (QED) is 0.606. The number of benzene rings is 1. The van der Waals surface area contributed by atoms with Crippen molar-refractivity contribution in [1.82, 2.24) is 4.57 Å². The molecular weight excluding hydrogens is 423 g/mol. The fraction of sp³-hybridized carbons (Fsp3) is 0.350. The molecule has 0 aliphatic carbocycles. The lowest BCUT2D eigenvalue weighted by molar-refractivity contribution is -0.137. The Hall–Kier alpha value is -2.02. The number of ether oxygens (including phenoxy) is 1. The molecule has 0 saturated carbocycles. The standard InChI is InChI=1S/C20H19BrF3NO2/c1-19(2)12-16(25-9-7-13(4-3-8-21)10-18(25)26)15-11-14(20(22,23)24)5-6-17(15)27-19/h5-7,9-12H,3-4,8H2,1-2H3. The summed E-state index contributed by atoms with van der Waals surface area (Å²) in [5.41, 5.74) is -0.279. The van der Waals surface area contributed by atoms with Crippen molar-refractivity contribution in [2.45, 2.75) is 38.5 Å². The SMILES string of the molecule is CC1(C)C=C(n2ccc(CCCBr)cc2=O)c2cc(C(F)(F)F)ccc2O1. The Kier molecular flexibility index (Phi) is 5.25. The van der Waals surface area contributed by atoms with Crippen LogP contribution in [0.3, 0.4) is 0 Å². The third-order valence-electron chi connectivity index (χ3n) is 4.28. The average Bonchev–Trinajstić information content (AvgIpc) is 2.57. The summed E-state index contributed by atoms with van der Waals surface area (Å²) < 4.78 is 46.6. The zero-order chi connectivity index (χ0) is 19.8. The molecule has 1 aliphatic heterocycles. The Morgan fingerprint density at radius 2 is 1.93 bits per heavy atom. The first-order chi connectivity index (χ1) is 12.6. The van der Waals surface area contributed by atoms with Crippen molar-refractivity contribution in [3.8, 4) is 5.75 Å². The van der Waals surface area contributed by atoms with Gasteiger partial charge in [-0.25, -0.2) is 0 Å². The number of nitrogens with zero attached hydrogens (tertiary/aromatic N) is 1. The third-order valence-corrected chi connectivity index (χ3v) is 4.84. The largest absolute Gasteiger partial charge is 0.483 e. The molecule has 0 unspecified atom stereocenters. The Morgan fingerprint density at radius 3 is 2.56 bits per heavy atom. The summed E-state index contributed by atoms with van der Waals surface area (Å²) in [6.07, 6.45) is 0.463. The molecule has 3 nitrogen and oxygen atoms in total. The molecule has 0 atom stereocenters. The van der Waals surface area contributed by atoms with Gasteiger partial charge in [-0.1, -0.05) is 15.9 Å². The second kappa shape index (κ2) is 7.19. The molecule has 1 aromatic carbocycles. The Labute approximate surface area is 163 Å². The molecule has 0 spiro atoms. The molecular formula is C20H19BrF3NO2. The van der Waals surface area contributed by atoms with Crippen LogP contribution in [-0.4, -0.2) is 15.5 Å². The summed E-state index contributed by atoms with van der Waals surface area (Å²) in [6.45, 7) is 3.59. The van der Waals surface area contributed by atoms with Crippen LogP contribution in [-0.2, 0) is 12.6 Å². The second-order valence-electron chi connectivity index (χ2n) is 6.98. The normalized spacial score (nSPS) is 15.7. The van der Waals surface area contributed by atoms with E-state index in [9.17, 15) is 18.0 Å². The number of hydrogen-bond donors (Lipinski definition) is 0. The fourth-order valence-corrected chi connectivity index (χ4v) is 3.34. The lowest BCUT2D eigenvalue weighted by Gasteiger charge is -2.32. The van der Waals surface area contributed by atoms with Gasteiger partial charge in [0.2, 0.25) is 0 Å². The number of aromatic nitrogens is 1. The van der Waals surface area contributed by atoms with E-state index >= 15 is 0 Å². The van der Waals surface area contributed by atoms with Crippen molar-refractivity contribution in [2.75, 3.05) is 5.33 Å². The molecule has 27 heavy (non-hydrogen) atoms. The van der Waals surface area contributed by atoms with Crippen molar-refractivity contribution in [1.29, 1.82) is 0 Å². The monoisotopic (exact) mass is 441 g/mol. The van der Waals surface area contributed by atoms with Crippen LogP contribution in [0.2, 0.25) is 0 Å². The van der Waals surface area contributed by atoms with Crippen LogP contribution in [0, 0.1) is 0 Å². The number of pyridine rings is 1. The molecule has 2 heterocycles. The predicted octanol–water partition coefficient (Wildman–Crippen LogP) is 5.25. The van der Waals surface area contributed by atoms with Crippen molar-refractivity contribution in [3.63, 3.8) is 0 Å². The van der Waals surface area contributed by atoms with Gasteiger partial charge in [-0.05, 0) is 62.6 Å². The van der Waals surface area contributed by atoms with Gasteiger partial charge in [0, 0.05) is 23.2 Å². The molecule has 0 bridgehead atoms. The summed E-state index contributed by atoms with van der Waals surface area (Å²) in [4.78, 5) is 12.7. The van der Waals surface area contributed by atoms with Crippen molar-refractivity contribution >= 4 is 21.6 Å². The molecule has 0 radical (unpaired) electrons. The van der Waals surface area contributed by atoms with Gasteiger partial charge < -0.3 is 4.74 Å². The molecule has 0 fully saturated rings. The van der Waals surface area contributed by atoms with Crippen LogP contribution >= 0.6 is 15.9 Å². The molecule has 2 aromatic rings. The molecule has 0 saturated heterocycles. The van der Waals surface area contributed by atoms with E-state index in [1.807, 2.05) is 6.07 Å². The molecule has 0 amide bonds. The zero-order valence-electron chi connectivity index (χ0n) is 14.9. The number of alkyl halides is 4. The minimum atomic E-state index is -4.47. The fourth-order valence-electron chi connectivity index (χ4n) is 3.06. The maximum absolute atomic E-state index is 13.2. The summed E-state index contributed by atoms with van der Waals surface area (Å²) >= 11 is 3.36. The maximum atomic E-state index is 13.2. The van der Waals surface area contributed by atoms with E-state index in [2.05, 4.69) is 15.9 Å². The van der Waals surface area contributed by atoms with Gasteiger partial charge in [0.15, 0.2) is 0 Å². The third kappa shape index (κ3) is 4.29. The lowest BCUT2D eigenvalue weighted by Crippen LogP contribution is -2.32. The van der Waals surface area contributed by atoms with Crippen molar-refractivity contribution in [2.24, 2.45) is 0 Å². The highest BCUT2D eigenvalue weighted by Gasteiger charge is 2.34. The first-order valence-corrected chi connectivity index (χ1v) is 9.64. The summed E-state index contributed by atoms with van der Waals surface area (Å²) in [5, 5.41) is 0.834. The minimum Gasteiger partial charge on any atom is -0.483 e. The number of aryl methyl sites for hydroxylation is 1. The van der Waals surface area contributed by atoms with E-state index < -0.39 is 17.3 Å². The highest BCUT2D eigenvalue weighted by Crippen LogP contribution is 2.40. The minimum absolute atomic E-state index is 0.249. The maximum Gasteiger partial charge on any atom is 0.416 e. The van der Waals surface area contributed by atoms with Crippen LogP contribution in [0.15, 0.2) is 47.4 Å². The summed E-state index contributed by atoms with van der Waals surface area (Å²) in [5.74, 6) is 0.320. The lowest BCUT2D eigenvalue weighted by atomic mass is 9.97. The van der Waals surface area contributed by atoms with E-state index in [1.165, 1.54) is 16.7 Å². The molecule has 144 valence electrons. The highest BCUT2D eigenvalue weighted by molar-refractivity contribution is 9.09. The first kappa shape index (κ1) is 19.7. The van der Waals surface area contributed by atoms with E-state index in [1.54, 1.807) is 26.1 Å². The Morgan fingerprint density at radius 1 is 1.19 bits per heavy atom. The molecule has 1 aromatic heterocycles. The van der Waals surface area contributed by atoms with Crippen LogP contribution in [0.25, 0.3) is 5.70 Å². The van der Waals surface area contributed by atoms with Gasteiger partial charge in [0.1, 0.15) is 11.4 Å². The number of fused-ring (bicyclic) bond motifs is 1. The van der Waals surface area contributed by atoms with E-state index in [0.29, 0.717) is 11.4 Å². The smallest absolute Gasteiger partial charge is 0.416 e. The number of halogens is 4. The molecule has 3 rings (SSSR count). The highest BCUT2D eigenvalue weighted by atomic mass is 79.9. The van der Waals surface area contributed by atoms with Crippen LogP contribution in [0.5, 0.6) is 5.75 Å². The van der Waals surface area contributed by atoms with E-state index in [-0.39, 0.29) is 11.1 Å². The van der Waals surface area contributed by atoms with Crippen LogP contribution < -0.4 is 10.3 Å². The second-order valence-corrected chi connectivity index (χ2v) is 7.77. The number of rotatable bonds is 4. The van der Waals surface area contributed by atoms with Gasteiger partial charge >= 0.3 is 6.18 Å². The molecule has 1 aliphatic rings. The Balaban J connectivity index is 2.12. The first-order valence-electron chi connectivity index (χ1n) is 8.52. The van der Waals surface area contributed by atoms with Crippen LogP contribution in [0.1, 0.15) is 37.0 Å². The Bertz CT molecular complexity index is 945. The molecule has 7 heteroatoms. The van der Waals surface area contributed by atoms with Gasteiger partial charge in [-0.2, -0.15) is 13.2 Å². The van der Waals surface area contributed by atoms with Gasteiger partial charge in [-0.3, -0.25) is 9.36 Å². The summed E-state index contributed by atoms with van der Waals surface area (Å²) in [7, 11) is 0. The predicted molar refractivity (Wildman–Crippen MR) is 102 cm³/mol.